The summed E-state index contributed by atoms with van der Waals surface area (Å²) in [6.45, 7) is 8.92. The number of likely N-dealkylation sites (tertiary alicyclic amines) is 1. The number of carbonyl (C=O) groups is 4. The van der Waals surface area contributed by atoms with E-state index in [1.807, 2.05) is 52.0 Å². The Morgan fingerprint density at radius 1 is 0.810 bits per heavy atom. The van der Waals surface area contributed by atoms with Crippen molar-refractivity contribution in [2.45, 2.75) is 83.2 Å². The maximum atomic E-state index is 13.9. The van der Waals surface area contributed by atoms with Crippen molar-refractivity contribution in [3.05, 3.63) is 72.6 Å². The number of benzene rings is 2. The van der Waals surface area contributed by atoms with E-state index < -0.39 is 29.9 Å². The van der Waals surface area contributed by atoms with Gasteiger partial charge in [-0.1, -0.05) is 62.4 Å². The molecule has 4 N–H and O–H groups in total. The molecule has 1 saturated carbocycles. The molecule has 16 nitrogen and oxygen atoms in total. The third-order valence-electron chi connectivity index (χ3n) is 11.3. The number of carbonyl (C=O) groups excluding carboxylic acids is 4. The fourth-order valence-electron chi connectivity index (χ4n) is 8.28. The van der Waals surface area contributed by atoms with Crippen LogP contribution in [0, 0.1) is 11.8 Å². The first-order valence-electron chi connectivity index (χ1n) is 19.8. The van der Waals surface area contributed by atoms with E-state index in [4.69, 9.17) is 23.9 Å². The van der Waals surface area contributed by atoms with E-state index in [1.165, 1.54) is 19.2 Å². The van der Waals surface area contributed by atoms with Crippen LogP contribution in [0.25, 0.3) is 33.6 Å². The average molecular weight is 797 g/mol. The van der Waals surface area contributed by atoms with Crippen LogP contribution in [0.3, 0.4) is 0 Å². The molecule has 1 spiro atoms. The minimum Gasteiger partial charge on any atom is -0.453 e. The zero-order chi connectivity index (χ0) is 41.1. The van der Waals surface area contributed by atoms with Gasteiger partial charge in [0.1, 0.15) is 17.7 Å². The van der Waals surface area contributed by atoms with Crippen molar-refractivity contribution in [2.75, 3.05) is 34.0 Å². The van der Waals surface area contributed by atoms with E-state index in [2.05, 4.69) is 50.0 Å². The topological polar surface area (TPSA) is 193 Å². The van der Waals surface area contributed by atoms with Crippen LogP contribution in [-0.2, 0) is 28.5 Å². The summed E-state index contributed by atoms with van der Waals surface area (Å²) in [6, 6.07) is 15.2. The average Bonchev–Trinajstić information content (AvgIpc) is 4.09. The number of aromatic amines is 2. The molecule has 308 valence electrons. The van der Waals surface area contributed by atoms with Crippen LogP contribution < -0.4 is 10.7 Å². The molecule has 1 unspecified atom stereocenters. The molecule has 0 bridgehead atoms. The van der Waals surface area contributed by atoms with Gasteiger partial charge in [-0.25, -0.2) is 30.0 Å². The summed E-state index contributed by atoms with van der Waals surface area (Å²) in [5.41, 5.74) is 8.19. The number of hydrogen-bond acceptors (Lipinski definition) is 10. The van der Waals surface area contributed by atoms with Crippen LogP contribution in [-0.4, -0.2) is 106 Å². The van der Waals surface area contributed by atoms with E-state index in [-0.39, 0.29) is 35.7 Å². The van der Waals surface area contributed by atoms with Crippen LogP contribution in [0.15, 0.2) is 60.9 Å². The Bertz CT molecular complexity index is 2090. The molecule has 2 saturated heterocycles. The smallest absolute Gasteiger partial charge is 0.425 e. The largest absolute Gasteiger partial charge is 0.453 e. The Balaban J connectivity index is 1.03. The third kappa shape index (κ3) is 8.29. The number of nitrogens with zero attached hydrogens (tertiary/aromatic N) is 4. The first kappa shape index (κ1) is 40.5. The summed E-state index contributed by atoms with van der Waals surface area (Å²) >= 11 is 0. The number of rotatable bonds is 10. The number of H-pyrrole nitrogens is 2. The predicted octanol–water partition coefficient (Wildman–Crippen LogP) is 5.92. The molecule has 4 amide bonds. The second kappa shape index (κ2) is 17.0. The Morgan fingerprint density at radius 2 is 1.36 bits per heavy atom. The zero-order valence-corrected chi connectivity index (χ0v) is 33.7. The summed E-state index contributed by atoms with van der Waals surface area (Å²) in [5.74, 6) is -0.942. The van der Waals surface area contributed by atoms with Crippen molar-refractivity contribution in [1.29, 1.82) is 0 Å². The fraction of sp³-hybridized carbons (Fsp3) is 0.476. The number of aromatic nitrogens is 4. The summed E-state index contributed by atoms with van der Waals surface area (Å²) in [7, 11) is 2.54. The van der Waals surface area contributed by atoms with E-state index in [9.17, 15) is 19.2 Å². The number of hydrazine groups is 1. The molecule has 4 heterocycles. The summed E-state index contributed by atoms with van der Waals surface area (Å²) in [4.78, 5) is 69.7. The van der Waals surface area contributed by atoms with Gasteiger partial charge in [0.25, 0.3) is 0 Å². The highest BCUT2D eigenvalue weighted by Gasteiger charge is 2.54. The quantitative estimate of drug-likeness (QED) is 0.140. The molecule has 16 heteroatoms. The van der Waals surface area contributed by atoms with Gasteiger partial charge in [0.15, 0.2) is 5.79 Å². The second-order valence-corrected chi connectivity index (χ2v) is 15.7. The molecule has 3 aliphatic rings. The first-order chi connectivity index (χ1) is 27.9. The van der Waals surface area contributed by atoms with E-state index in [0.717, 1.165) is 46.5 Å². The molecule has 7 rings (SSSR count). The highest BCUT2D eigenvalue weighted by atomic mass is 16.7. The number of hydrogen-bond donors (Lipinski definition) is 4. The van der Waals surface area contributed by atoms with Crippen LogP contribution in [0.1, 0.15) is 77.0 Å². The van der Waals surface area contributed by atoms with E-state index >= 15 is 0 Å². The molecular formula is C42H52N8O8. The minimum absolute atomic E-state index is 0.112. The van der Waals surface area contributed by atoms with Gasteiger partial charge in [0, 0.05) is 31.3 Å². The van der Waals surface area contributed by atoms with Gasteiger partial charge in [-0.05, 0) is 54.9 Å². The van der Waals surface area contributed by atoms with Crippen molar-refractivity contribution in [3.63, 3.8) is 0 Å². The molecule has 2 aromatic heterocycles. The summed E-state index contributed by atoms with van der Waals surface area (Å²) in [6.07, 6.45) is 4.62. The number of nitrogens with one attached hydrogen (secondary N) is 4. The van der Waals surface area contributed by atoms with Crippen LogP contribution in [0.5, 0.6) is 0 Å². The lowest BCUT2D eigenvalue weighted by Gasteiger charge is -2.30. The third-order valence-corrected chi connectivity index (χ3v) is 11.3. The molecule has 2 aliphatic heterocycles. The van der Waals surface area contributed by atoms with Gasteiger partial charge in [-0.15, -0.1) is 0 Å². The highest BCUT2D eigenvalue weighted by molar-refractivity contribution is 5.86. The summed E-state index contributed by atoms with van der Waals surface area (Å²) in [5, 5.41) is 4.00. The molecule has 3 fully saturated rings. The standard InChI is InChI=1S/C42H52N8O8/c1-24(2)35(47-40(53)55-5)39(52)49-17-7-8-34(49)37-44-23-33(46-37)29-15-11-27(12-16-29)26-9-13-28(14-10-26)32-22-43-36(45-32)30-20-42(57-18-19-58-42)21-31(30)38(51)50(25(3)4)48-41(54)56-6/h9-16,22-25,30-31,34-35H,7-8,17-21H2,1-6H3,(H,43,45)(H,44,46)(H,47,53)(H,48,54)/t30?,31-,34-,35-/m0/s1. The van der Waals surface area contributed by atoms with E-state index in [1.54, 1.807) is 17.3 Å². The molecule has 0 radical (unpaired) electrons. The first-order valence-corrected chi connectivity index (χ1v) is 19.8. The summed E-state index contributed by atoms with van der Waals surface area (Å²) < 4.78 is 21.6. The van der Waals surface area contributed by atoms with E-state index in [0.29, 0.717) is 44.2 Å². The lowest BCUT2D eigenvalue weighted by atomic mass is 9.94. The van der Waals surface area contributed by atoms with Crippen molar-refractivity contribution in [2.24, 2.45) is 11.8 Å². The molecule has 4 aromatic rings. The normalized spacial score (nSPS) is 20.4. The fourth-order valence-corrected chi connectivity index (χ4v) is 8.28. The Hall–Kier alpha value is -5.74. The van der Waals surface area contributed by atoms with Gasteiger partial charge in [-0.2, -0.15) is 0 Å². The SMILES string of the molecule is COC(=O)N[C@H](C(=O)N1CCC[C@H]1c1ncc(-c2ccc(-c3ccc(-c4cnc(C5CC6(C[C@@H]5C(=O)N(NC(=O)OC)C(C)C)OCCO6)[nH]4)cc3)cc2)[nH]1)C(C)C. The number of methoxy groups -OCH3 is 2. The van der Waals surface area contributed by atoms with Gasteiger partial charge in [-0.3, -0.25) is 9.59 Å². The van der Waals surface area contributed by atoms with Crippen LogP contribution in [0.4, 0.5) is 9.59 Å². The van der Waals surface area contributed by atoms with Gasteiger partial charge < -0.3 is 39.1 Å². The maximum Gasteiger partial charge on any atom is 0.425 e. The number of imidazole rings is 2. The van der Waals surface area contributed by atoms with Crippen molar-refractivity contribution in [1.82, 2.24) is 40.6 Å². The lowest BCUT2D eigenvalue weighted by Crippen LogP contribution is -2.52. The van der Waals surface area contributed by atoms with Crippen molar-refractivity contribution in [3.8, 4) is 33.6 Å². The zero-order valence-electron chi connectivity index (χ0n) is 33.7. The Kier molecular flexibility index (Phi) is 11.9. The molecular weight excluding hydrogens is 745 g/mol. The number of amides is 4. The maximum absolute atomic E-state index is 13.9. The lowest BCUT2D eigenvalue weighted by molar-refractivity contribution is -0.159. The number of ether oxygens (including phenoxy) is 4. The highest BCUT2D eigenvalue weighted by Crippen LogP contribution is 2.49. The predicted molar refractivity (Wildman–Crippen MR) is 213 cm³/mol. The molecule has 2 aromatic carbocycles. The minimum atomic E-state index is -0.886. The molecule has 1 aliphatic carbocycles. The molecule has 58 heavy (non-hydrogen) atoms. The monoisotopic (exact) mass is 796 g/mol. The van der Waals surface area contributed by atoms with Crippen LogP contribution in [0.2, 0.25) is 0 Å². The van der Waals surface area contributed by atoms with Crippen molar-refractivity contribution < 1.29 is 38.1 Å². The van der Waals surface area contributed by atoms with Gasteiger partial charge in [0.2, 0.25) is 11.8 Å². The molecule has 4 atom stereocenters. The van der Waals surface area contributed by atoms with Gasteiger partial charge in [0.05, 0.1) is 63.2 Å². The van der Waals surface area contributed by atoms with Crippen molar-refractivity contribution >= 4 is 24.0 Å². The number of alkyl carbamates (subject to hydrolysis) is 1. The van der Waals surface area contributed by atoms with Crippen LogP contribution >= 0.6 is 0 Å². The second-order valence-electron chi connectivity index (χ2n) is 15.7. The Morgan fingerprint density at radius 3 is 1.91 bits per heavy atom. The van der Waals surface area contributed by atoms with Gasteiger partial charge >= 0.3 is 12.2 Å². The Labute approximate surface area is 337 Å².